The second-order valence-electron chi connectivity index (χ2n) is 8.40. The molecule has 3 heterocycles. The van der Waals surface area contributed by atoms with E-state index < -0.39 is 17.4 Å². The maximum Gasteiger partial charge on any atom is 0.417 e. The van der Waals surface area contributed by atoms with Gasteiger partial charge in [0, 0.05) is 24.3 Å². The Morgan fingerprint density at radius 3 is 2.52 bits per heavy atom. The number of aromatic nitrogens is 1. The second kappa shape index (κ2) is 9.88. The van der Waals surface area contributed by atoms with Crippen LogP contribution in [0.4, 0.5) is 18.9 Å². The first-order chi connectivity index (χ1) is 15.8. The molecule has 5 N–H and O–H groups in total. The molecule has 2 aromatic rings. The van der Waals surface area contributed by atoms with Crippen molar-refractivity contribution < 1.29 is 17.9 Å². The van der Waals surface area contributed by atoms with Crippen LogP contribution in [0.2, 0.25) is 0 Å². The molecule has 1 unspecified atom stereocenters. The molecule has 2 aliphatic rings. The fourth-order valence-electron chi connectivity index (χ4n) is 4.19. The zero-order chi connectivity index (χ0) is 23.3. The monoisotopic (exact) mass is 462 g/mol. The third-order valence-electron chi connectivity index (χ3n) is 5.90. The number of hydrogen-bond donors (Lipinski definition) is 4. The molecule has 2 aliphatic heterocycles. The number of benzene rings is 1. The number of hydrogen-bond acceptors (Lipinski definition) is 6. The van der Waals surface area contributed by atoms with Gasteiger partial charge in [0.15, 0.2) is 0 Å². The molecule has 0 aliphatic carbocycles. The number of piperidine rings is 1. The van der Waals surface area contributed by atoms with Gasteiger partial charge in [-0.2, -0.15) is 13.2 Å². The van der Waals surface area contributed by atoms with Crippen LogP contribution >= 0.6 is 0 Å². The quantitative estimate of drug-likeness (QED) is 0.506. The highest BCUT2D eigenvalue weighted by molar-refractivity contribution is 5.95. The number of anilines is 1. The molecule has 0 amide bonds. The van der Waals surface area contributed by atoms with Crippen molar-refractivity contribution in [3.05, 3.63) is 60.6 Å². The zero-order valence-corrected chi connectivity index (χ0v) is 18.2. The second-order valence-corrected chi connectivity index (χ2v) is 8.40. The van der Waals surface area contributed by atoms with Gasteiger partial charge in [0.25, 0.3) is 0 Å². The van der Waals surface area contributed by atoms with E-state index in [1.165, 1.54) is 0 Å². The Kier molecular flexibility index (Phi) is 6.94. The predicted octanol–water partition coefficient (Wildman–Crippen LogP) is 3.43. The minimum Gasteiger partial charge on any atom is -0.492 e. The van der Waals surface area contributed by atoms with Crippen molar-refractivity contribution in [2.45, 2.75) is 37.6 Å². The van der Waals surface area contributed by atoms with Gasteiger partial charge >= 0.3 is 6.18 Å². The molecule has 1 aromatic heterocycles. The summed E-state index contributed by atoms with van der Waals surface area (Å²) in [4.78, 5) is 4.28. The normalized spacial score (nSPS) is 21.7. The van der Waals surface area contributed by atoms with E-state index in [1.807, 2.05) is 29.1 Å². The maximum atomic E-state index is 13.7. The number of halogens is 3. The SMILES string of the molecule is NC1(CC2CCNCC2)N=C(Nc2ccc(OCCn3cccc3)cc2)NC=C1C(F)(F)F. The first-order valence-corrected chi connectivity index (χ1v) is 11.1. The summed E-state index contributed by atoms with van der Waals surface area (Å²) in [6.45, 7) is 2.81. The Labute approximate surface area is 190 Å². The van der Waals surface area contributed by atoms with Gasteiger partial charge in [-0.3, -0.25) is 0 Å². The third kappa shape index (κ3) is 6.08. The van der Waals surface area contributed by atoms with Crippen LogP contribution in [0.3, 0.4) is 0 Å². The van der Waals surface area contributed by atoms with E-state index in [0.717, 1.165) is 38.7 Å². The van der Waals surface area contributed by atoms with Gasteiger partial charge in [0.1, 0.15) is 18.0 Å². The van der Waals surface area contributed by atoms with Crippen LogP contribution < -0.4 is 26.4 Å². The fourth-order valence-corrected chi connectivity index (χ4v) is 4.19. The molecule has 1 aromatic carbocycles. The molecule has 0 bridgehead atoms. The summed E-state index contributed by atoms with van der Waals surface area (Å²) in [6, 6.07) is 11.1. The fraction of sp³-hybridized carbons (Fsp3) is 0.435. The Balaban J connectivity index is 1.40. The Morgan fingerprint density at radius 2 is 1.85 bits per heavy atom. The molecular weight excluding hydrogens is 433 g/mol. The predicted molar refractivity (Wildman–Crippen MR) is 122 cm³/mol. The van der Waals surface area contributed by atoms with Crippen molar-refractivity contribution in [3.63, 3.8) is 0 Å². The molecule has 178 valence electrons. The van der Waals surface area contributed by atoms with E-state index in [4.69, 9.17) is 10.5 Å². The van der Waals surface area contributed by atoms with Crippen LogP contribution in [-0.2, 0) is 6.54 Å². The van der Waals surface area contributed by atoms with Gasteiger partial charge in [-0.25, -0.2) is 4.99 Å². The molecule has 4 rings (SSSR count). The Morgan fingerprint density at radius 1 is 1.15 bits per heavy atom. The van der Waals surface area contributed by atoms with Gasteiger partial charge in [-0.1, -0.05) is 0 Å². The number of rotatable bonds is 7. The number of guanidine groups is 1. The lowest BCUT2D eigenvalue weighted by Crippen LogP contribution is -2.52. The van der Waals surface area contributed by atoms with Gasteiger partial charge < -0.3 is 31.0 Å². The molecule has 1 fully saturated rings. The highest BCUT2D eigenvalue weighted by Gasteiger charge is 2.49. The first kappa shape index (κ1) is 23.2. The number of nitrogens with one attached hydrogen (secondary N) is 3. The molecule has 10 heteroatoms. The molecule has 1 saturated heterocycles. The van der Waals surface area contributed by atoms with Gasteiger partial charge in [0.05, 0.1) is 12.1 Å². The van der Waals surface area contributed by atoms with Crippen molar-refractivity contribution in [3.8, 4) is 5.75 Å². The van der Waals surface area contributed by atoms with Gasteiger partial charge in [-0.15, -0.1) is 0 Å². The number of aliphatic imine (C=N–C) groups is 1. The first-order valence-electron chi connectivity index (χ1n) is 11.1. The summed E-state index contributed by atoms with van der Waals surface area (Å²) in [7, 11) is 0. The smallest absolute Gasteiger partial charge is 0.417 e. The van der Waals surface area contributed by atoms with E-state index >= 15 is 0 Å². The average Bonchev–Trinajstić information content (AvgIpc) is 3.28. The van der Waals surface area contributed by atoms with E-state index in [0.29, 0.717) is 18.0 Å². The summed E-state index contributed by atoms with van der Waals surface area (Å²) < 4.78 is 48.8. The van der Waals surface area contributed by atoms with E-state index in [9.17, 15) is 13.2 Å². The summed E-state index contributed by atoms with van der Waals surface area (Å²) in [5.74, 6) is 0.957. The highest BCUT2D eigenvalue weighted by Crippen LogP contribution is 2.39. The summed E-state index contributed by atoms with van der Waals surface area (Å²) >= 11 is 0. The lowest BCUT2D eigenvalue weighted by atomic mass is 9.84. The largest absolute Gasteiger partial charge is 0.492 e. The standard InChI is InChI=1S/C23H29F3N6O/c24-23(25,26)20-16-29-21(31-22(20,27)15-17-7-9-28-10-8-17)30-18-3-5-19(6-4-18)33-14-13-32-11-1-2-12-32/h1-6,11-12,16-17,28H,7-10,13-15,27H2,(H2,29,30,31). The highest BCUT2D eigenvalue weighted by atomic mass is 19.4. The van der Waals surface area contributed by atoms with E-state index in [1.54, 1.807) is 24.3 Å². The molecule has 7 nitrogen and oxygen atoms in total. The third-order valence-corrected chi connectivity index (χ3v) is 5.90. The van der Waals surface area contributed by atoms with Crippen LogP contribution in [0, 0.1) is 5.92 Å². The lowest BCUT2D eigenvalue weighted by Gasteiger charge is -2.37. The number of nitrogens with two attached hydrogens (primary N) is 1. The van der Waals surface area contributed by atoms with Crippen molar-refractivity contribution >= 4 is 11.6 Å². The summed E-state index contributed by atoms with van der Waals surface area (Å²) in [5, 5.41) is 8.86. The molecule has 1 atom stereocenters. The van der Waals surface area contributed by atoms with Crippen LogP contribution in [0.5, 0.6) is 5.75 Å². The van der Waals surface area contributed by atoms with E-state index in [2.05, 4.69) is 20.9 Å². The average molecular weight is 463 g/mol. The molecule has 0 radical (unpaired) electrons. The molecule has 0 saturated carbocycles. The van der Waals surface area contributed by atoms with Gasteiger partial charge in [0.2, 0.25) is 5.96 Å². The van der Waals surface area contributed by atoms with Crippen molar-refractivity contribution in [2.24, 2.45) is 16.6 Å². The van der Waals surface area contributed by atoms with Crippen molar-refractivity contribution in [1.29, 1.82) is 0 Å². The zero-order valence-electron chi connectivity index (χ0n) is 18.2. The van der Waals surface area contributed by atoms with Crippen LogP contribution in [-0.4, -0.2) is 42.1 Å². The van der Waals surface area contributed by atoms with Crippen LogP contribution in [0.25, 0.3) is 0 Å². The topological polar surface area (TPSA) is 88.6 Å². The Bertz CT molecular complexity index is 965. The number of ether oxygens (including phenoxy) is 1. The molecule has 0 spiro atoms. The van der Waals surface area contributed by atoms with E-state index in [-0.39, 0.29) is 18.3 Å². The molecular formula is C23H29F3N6O. The molecule has 33 heavy (non-hydrogen) atoms. The summed E-state index contributed by atoms with van der Waals surface area (Å²) in [5.41, 5.74) is 4.25. The minimum absolute atomic E-state index is 0.0769. The van der Waals surface area contributed by atoms with Crippen molar-refractivity contribution in [1.82, 2.24) is 15.2 Å². The van der Waals surface area contributed by atoms with Gasteiger partial charge in [-0.05, 0) is 74.7 Å². The van der Waals surface area contributed by atoms with Crippen LogP contribution in [0.1, 0.15) is 19.3 Å². The number of alkyl halides is 3. The summed E-state index contributed by atoms with van der Waals surface area (Å²) in [6.07, 6.45) is 1.99. The maximum absolute atomic E-state index is 13.7. The Hall–Kier alpha value is -2.98. The van der Waals surface area contributed by atoms with Crippen LogP contribution in [0.15, 0.2) is 65.6 Å². The van der Waals surface area contributed by atoms with Crippen molar-refractivity contribution in [2.75, 3.05) is 25.0 Å². The lowest BCUT2D eigenvalue weighted by molar-refractivity contribution is -0.102. The number of nitrogens with zero attached hydrogens (tertiary/aromatic N) is 2. The minimum atomic E-state index is -4.57.